The minimum Gasteiger partial charge on any atom is -0.481 e. The quantitative estimate of drug-likeness (QED) is 0.644. The van der Waals surface area contributed by atoms with E-state index in [1.807, 2.05) is 0 Å². The third-order valence-electron chi connectivity index (χ3n) is 1.11. The maximum Gasteiger partial charge on any atom is 0.323 e. The lowest BCUT2D eigenvalue weighted by Crippen LogP contribution is -2.34. The highest BCUT2D eigenvalue weighted by atomic mass is 35.5. The Bertz CT molecular complexity index is 191. The van der Waals surface area contributed by atoms with E-state index in [-0.39, 0.29) is 30.5 Å². The van der Waals surface area contributed by atoms with Crippen LogP contribution in [0.4, 0.5) is 0 Å². The summed E-state index contributed by atoms with van der Waals surface area (Å²) in [6.07, 6.45) is 0. The first-order valence-corrected chi connectivity index (χ1v) is 4.95. The molecule has 0 aliphatic rings. The minimum atomic E-state index is -0.916. The Hall–Kier alpha value is -0.460. The molecule has 1 atom stereocenters. The van der Waals surface area contributed by atoms with Crippen molar-refractivity contribution in [3.05, 3.63) is 0 Å². The Balaban J connectivity index is 0. The molecule has 7 heteroatoms. The normalized spacial score (nSPS) is 11.3. The number of carbonyl (C=O) groups excluding carboxylic acids is 1. The van der Waals surface area contributed by atoms with Crippen molar-refractivity contribution in [1.82, 2.24) is 0 Å². The summed E-state index contributed by atoms with van der Waals surface area (Å²) in [5, 5.41) is 8.29. The fraction of sp³-hybridized carbons (Fsp3) is 0.714. The van der Waals surface area contributed by atoms with Crippen molar-refractivity contribution in [3.8, 4) is 0 Å². The predicted octanol–water partition coefficient (Wildman–Crippen LogP) is 0.116. The number of aliphatic carboxylic acids is 1. The first-order chi connectivity index (χ1) is 6.07. The van der Waals surface area contributed by atoms with E-state index in [1.54, 1.807) is 6.92 Å². The summed E-state index contributed by atoms with van der Waals surface area (Å²) in [4.78, 5) is 21.0. The van der Waals surface area contributed by atoms with E-state index in [0.717, 1.165) is 11.8 Å². The first-order valence-electron chi connectivity index (χ1n) is 3.79. The van der Waals surface area contributed by atoms with E-state index in [0.29, 0.717) is 0 Å². The molecule has 14 heavy (non-hydrogen) atoms. The Kier molecular flexibility index (Phi) is 10.4. The topological polar surface area (TPSA) is 89.6 Å². The van der Waals surface area contributed by atoms with Crippen molar-refractivity contribution >= 4 is 36.1 Å². The molecular formula is C7H14ClNO4S. The maximum absolute atomic E-state index is 10.9. The van der Waals surface area contributed by atoms with Gasteiger partial charge < -0.3 is 15.6 Å². The van der Waals surface area contributed by atoms with Crippen molar-refractivity contribution in [2.75, 3.05) is 18.1 Å². The molecule has 0 amide bonds. The second-order valence-electron chi connectivity index (χ2n) is 2.27. The monoisotopic (exact) mass is 243 g/mol. The largest absolute Gasteiger partial charge is 0.481 e. The SMILES string of the molecule is CCOC(=O)C(N)CSCC(=O)O.Cl. The van der Waals surface area contributed by atoms with Crippen LogP contribution in [0, 0.1) is 0 Å². The van der Waals surface area contributed by atoms with Gasteiger partial charge in [-0.3, -0.25) is 9.59 Å². The molecule has 0 bridgehead atoms. The van der Waals surface area contributed by atoms with Crippen LogP contribution in [0.15, 0.2) is 0 Å². The number of thioether (sulfide) groups is 1. The van der Waals surface area contributed by atoms with Crippen LogP contribution < -0.4 is 5.73 Å². The van der Waals surface area contributed by atoms with Gasteiger partial charge in [-0.25, -0.2) is 0 Å². The summed E-state index contributed by atoms with van der Waals surface area (Å²) in [5.74, 6) is -1.18. The summed E-state index contributed by atoms with van der Waals surface area (Å²) in [7, 11) is 0. The van der Waals surface area contributed by atoms with Gasteiger partial charge in [0.1, 0.15) is 6.04 Å². The number of carboxylic acids is 1. The molecular weight excluding hydrogens is 230 g/mol. The van der Waals surface area contributed by atoms with Gasteiger partial charge in [-0.1, -0.05) is 0 Å². The molecule has 0 radical (unpaired) electrons. The van der Waals surface area contributed by atoms with E-state index >= 15 is 0 Å². The molecule has 0 aliphatic heterocycles. The summed E-state index contributed by atoms with van der Waals surface area (Å²) < 4.78 is 4.64. The molecule has 0 aromatic heterocycles. The molecule has 0 rings (SSSR count). The lowest BCUT2D eigenvalue weighted by Gasteiger charge is -2.08. The Morgan fingerprint density at radius 3 is 2.57 bits per heavy atom. The molecule has 0 aromatic carbocycles. The van der Waals surface area contributed by atoms with E-state index in [2.05, 4.69) is 4.74 Å². The average molecular weight is 244 g/mol. The number of esters is 1. The minimum absolute atomic E-state index is 0. The van der Waals surface area contributed by atoms with Gasteiger partial charge in [-0.05, 0) is 6.92 Å². The number of halogens is 1. The summed E-state index contributed by atoms with van der Waals surface area (Å²) in [6, 6.07) is -0.732. The zero-order chi connectivity index (χ0) is 10.3. The van der Waals surface area contributed by atoms with Crippen molar-refractivity contribution < 1.29 is 19.4 Å². The highest BCUT2D eigenvalue weighted by Gasteiger charge is 2.14. The van der Waals surface area contributed by atoms with Gasteiger partial charge in [0.25, 0.3) is 0 Å². The van der Waals surface area contributed by atoms with Gasteiger partial charge in [0.05, 0.1) is 12.4 Å². The Morgan fingerprint density at radius 2 is 2.14 bits per heavy atom. The number of ether oxygens (including phenoxy) is 1. The van der Waals surface area contributed by atoms with Crippen LogP contribution in [0.5, 0.6) is 0 Å². The second-order valence-corrected chi connectivity index (χ2v) is 3.30. The number of hydrogen-bond donors (Lipinski definition) is 2. The molecule has 0 saturated heterocycles. The molecule has 5 nitrogen and oxygen atoms in total. The highest BCUT2D eigenvalue weighted by molar-refractivity contribution is 8.00. The van der Waals surface area contributed by atoms with Crippen molar-refractivity contribution in [2.45, 2.75) is 13.0 Å². The summed E-state index contributed by atoms with van der Waals surface area (Å²) >= 11 is 1.10. The third-order valence-corrected chi connectivity index (χ3v) is 2.16. The Morgan fingerprint density at radius 1 is 1.57 bits per heavy atom. The smallest absolute Gasteiger partial charge is 0.323 e. The molecule has 1 unspecified atom stereocenters. The molecule has 0 saturated carbocycles. The summed E-state index contributed by atoms with van der Waals surface area (Å²) in [6.45, 7) is 1.98. The second kappa shape index (κ2) is 9.11. The lowest BCUT2D eigenvalue weighted by atomic mass is 10.4. The van der Waals surface area contributed by atoms with Crippen LogP contribution in [0.25, 0.3) is 0 Å². The van der Waals surface area contributed by atoms with Crippen LogP contribution in [0.1, 0.15) is 6.92 Å². The van der Waals surface area contributed by atoms with Crippen molar-refractivity contribution in [2.24, 2.45) is 5.73 Å². The fourth-order valence-corrected chi connectivity index (χ4v) is 1.27. The van der Waals surface area contributed by atoms with Crippen LogP contribution in [-0.2, 0) is 14.3 Å². The number of hydrogen-bond acceptors (Lipinski definition) is 5. The molecule has 0 heterocycles. The number of carboxylic acid groups (broad SMARTS) is 1. The van der Waals surface area contributed by atoms with Gasteiger partial charge in [0.2, 0.25) is 0 Å². The first kappa shape index (κ1) is 16.0. The van der Waals surface area contributed by atoms with Gasteiger partial charge in [0.15, 0.2) is 0 Å². The van der Waals surface area contributed by atoms with E-state index in [9.17, 15) is 9.59 Å². The molecule has 0 spiro atoms. The van der Waals surface area contributed by atoms with Gasteiger partial charge in [0, 0.05) is 5.75 Å². The molecule has 0 aliphatic carbocycles. The van der Waals surface area contributed by atoms with Gasteiger partial charge in [-0.15, -0.1) is 24.2 Å². The highest BCUT2D eigenvalue weighted by Crippen LogP contribution is 2.02. The predicted molar refractivity (Wildman–Crippen MR) is 56.8 cm³/mol. The van der Waals surface area contributed by atoms with E-state index in [4.69, 9.17) is 10.8 Å². The van der Waals surface area contributed by atoms with Crippen LogP contribution in [0.3, 0.4) is 0 Å². The molecule has 0 fully saturated rings. The van der Waals surface area contributed by atoms with Crippen LogP contribution >= 0.6 is 24.2 Å². The maximum atomic E-state index is 10.9. The van der Waals surface area contributed by atoms with E-state index < -0.39 is 18.0 Å². The third kappa shape index (κ3) is 8.15. The number of rotatable bonds is 6. The van der Waals surface area contributed by atoms with Crippen LogP contribution in [0.2, 0.25) is 0 Å². The number of nitrogens with two attached hydrogens (primary N) is 1. The Labute approximate surface area is 92.8 Å². The van der Waals surface area contributed by atoms with Crippen LogP contribution in [-0.4, -0.2) is 41.2 Å². The fourth-order valence-electron chi connectivity index (χ4n) is 0.591. The van der Waals surface area contributed by atoms with Gasteiger partial charge in [-0.2, -0.15) is 0 Å². The zero-order valence-electron chi connectivity index (χ0n) is 7.76. The van der Waals surface area contributed by atoms with E-state index in [1.165, 1.54) is 0 Å². The molecule has 3 N–H and O–H groups in total. The zero-order valence-corrected chi connectivity index (χ0v) is 9.40. The standard InChI is InChI=1S/C7H13NO4S.ClH/c1-2-12-7(11)5(8)3-13-4-6(9)10;/h5H,2-4,8H2,1H3,(H,9,10);1H. The van der Waals surface area contributed by atoms with Crippen molar-refractivity contribution in [3.63, 3.8) is 0 Å². The lowest BCUT2D eigenvalue weighted by molar-refractivity contribution is -0.144. The van der Waals surface area contributed by atoms with Gasteiger partial charge >= 0.3 is 11.9 Å². The molecule has 0 aromatic rings. The summed E-state index contributed by atoms with van der Waals surface area (Å²) in [5.41, 5.74) is 5.40. The number of carbonyl (C=O) groups is 2. The molecule has 84 valence electrons. The van der Waals surface area contributed by atoms with Crippen molar-refractivity contribution in [1.29, 1.82) is 0 Å². The average Bonchev–Trinajstić information content (AvgIpc) is 2.04.